The van der Waals surface area contributed by atoms with E-state index in [0.717, 1.165) is 37.7 Å². The van der Waals surface area contributed by atoms with Gasteiger partial charge in [-0.3, -0.25) is 4.79 Å². The normalized spacial score (nSPS) is 11.1. The molecule has 30 heavy (non-hydrogen) atoms. The highest BCUT2D eigenvalue weighted by atomic mass is 16.5. The summed E-state index contributed by atoms with van der Waals surface area (Å²) in [5, 5.41) is 17.8. The fourth-order valence-electron chi connectivity index (χ4n) is 3.29. The SMILES string of the molecule is O=C(O)CCCCCCCCCCCCCCCOC(=O)/C=C/c1ccc(O)cc1. The molecule has 1 aromatic rings. The van der Waals surface area contributed by atoms with E-state index in [0.29, 0.717) is 13.0 Å². The molecule has 0 heterocycles. The molecule has 0 bridgehead atoms. The van der Waals surface area contributed by atoms with E-state index < -0.39 is 5.97 Å². The fourth-order valence-corrected chi connectivity index (χ4v) is 3.29. The third-order valence-corrected chi connectivity index (χ3v) is 5.08. The number of hydrogen-bond acceptors (Lipinski definition) is 4. The molecule has 0 aliphatic rings. The van der Waals surface area contributed by atoms with E-state index in [1.807, 2.05) is 0 Å². The monoisotopic (exact) mass is 418 g/mol. The average Bonchev–Trinajstić information content (AvgIpc) is 2.72. The highest BCUT2D eigenvalue weighted by Gasteiger charge is 1.99. The van der Waals surface area contributed by atoms with Crippen LogP contribution < -0.4 is 0 Å². The molecular weight excluding hydrogens is 380 g/mol. The number of phenols is 1. The van der Waals surface area contributed by atoms with Gasteiger partial charge in [-0.05, 0) is 36.6 Å². The lowest BCUT2D eigenvalue weighted by Crippen LogP contribution is -2.02. The molecule has 5 heteroatoms. The van der Waals surface area contributed by atoms with Crippen molar-refractivity contribution < 1.29 is 24.5 Å². The van der Waals surface area contributed by atoms with Gasteiger partial charge < -0.3 is 14.9 Å². The van der Waals surface area contributed by atoms with Gasteiger partial charge in [0.1, 0.15) is 5.75 Å². The van der Waals surface area contributed by atoms with E-state index in [1.165, 1.54) is 57.4 Å². The summed E-state index contributed by atoms with van der Waals surface area (Å²) < 4.78 is 5.20. The molecule has 0 saturated carbocycles. The maximum Gasteiger partial charge on any atom is 0.330 e. The lowest BCUT2D eigenvalue weighted by molar-refractivity contribution is -0.138. The lowest BCUT2D eigenvalue weighted by Gasteiger charge is -2.04. The maximum atomic E-state index is 11.7. The summed E-state index contributed by atoms with van der Waals surface area (Å²) >= 11 is 0. The second-order valence-corrected chi connectivity index (χ2v) is 7.83. The third kappa shape index (κ3) is 15.6. The number of unbranched alkanes of at least 4 members (excludes halogenated alkanes) is 12. The van der Waals surface area contributed by atoms with Crippen LogP contribution in [0.25, 0.3) is 6.08 Å². The molecule has 1 rings (SSSR count). The number of carboxylic acids is 1. The maximum absolute atomic E-state index is 11.7. The number of ether oxygens (including phenoxy) is 1. The molecule has 0 fully saturated rings. The predicted octanol–water partition coefficient (Wildman–Crippen LogP) is 6.49. The minimum atomic E-state index is -0.685. The number of carboxylic acid groups (broad SMARTS) is 1. The van der Waals surface area contributed by atoms with Crippen LogP contribution in [0.1, 0.15) is 95.5 Å². The van der Waals surface area contributed by atoms with Crippen molar-refractivity contribution >= 4 is 18.0 Å². The van der Waals surface area contributed by atoms with Gasteiger partial charge in [-0.25, -0.2) is 4.79 Å². The summed E-state index contributed by atoms with van der Waals surface area (Å²) in [5.74, 6) is -0.809. The van der Waals surface area contributed by atoms with Crippen LogP contribution >= 0.6 is 0 Å². The molecule has 168 valence electrons. The van der Waals surface area contributed by atoms with Gasteiger partial charge in [0, 0.05) is 12.5 Å². The van der Waals surface area contributed by atoms with Crippen LogP contribution in [0.3, 0.4) is 0 Å². The Morgan fingerprint density at radius 1 is 0.733 bits per heavy atom. The first-order chi connectivity index (χ1) is 14.6. The van der Waals surface area contributed by atoms with E-state index in [2.05, 4.69) is 0 Å². The Morgan fingerprint density at radius 2 is 1.20 bits per heavy atom. The number of aromatic hydroxyl groups is 1. The van der Waals surface area contributed by atoms with Crippen LogP contribution in [-0.2, 0) is 14.3 Å². The molecule has 1 aromatic carbocycles. The largest absolute Gasteiger partial charge is 0.508 e. The van der Waals surface area contributed by atoms with Crippen molar-refractivity contribution in [1.29, 1.82) is 0 Å². The molecule has 0 saturated heterocycles. The Bertz CT molecular complexity index is 606. The van der Waals surface area contributed by atoms with Crippen molar-refractivity contribution in [2.24, 2.45) is 0 Å². The molecule has 5 nitrogen and oxygen atoms in total. The Balaban J connectivity index is 1.82. The molecule has 0 amide bonds. The van der Waals surface area contributed by atoms with Crippen molar-refractivity contribution in [3.63, 3.8) is 0 Å². The smallest absolute Gasteiger partial charge is 0.330 e. The van der Waals surface area contributed by atoms with Gasteiger partial charge in [0.2, 0.25) is 0 Å². The summed E-state index contributed by atoms with van der Waals surface area (Å²) in [6.45, 7) is 0.464. The minimum absolute atomic E-state index is 0.205. The Labute approximate surface area is 181 Å². The summed E-state index contributed by atoms with van der Waals surface area (Å²) in [6.07, 6.45) is 18.5. The molecule has 0 aromatic heterocycles. The lowest BCUT2D eigenvalue weighted by atomic mass is 10.0. The zero-order valence-corrected chi connectivity index (χ0v) is 18.2. The van der Waals surface area contributed by atoms with Gasteiger partial charge >= 0.3 is 11.9 Å². The van der Waals surface area contributed by atoms with Crippen molar-refractivity contribution in [2.75, 3.05) is 6.61 Å². The fraction of sp³-hybridized carbons (Fsp3) is 0.600. The van der Waals surface area contributed by atoms with Crippen LogP contribution in [0.4, 0.5) is 0 Å². The number of aliphatic carboxylic acids is 1. The molecule has 2 N–H and O–H groups in total. The van der Waals surface area contributed by atoms with Crippen LogP contribution in [0, 0.1) is 0 Å². The first kappa shape index (κ1) is 25.7. The number of carbonyl (C=O) groups excluding carboxylic acids is 1. The number of hydrogen-bond donors (Lipinski definition) is 2. The van der Waals surface area contributed by atoms with Gasteiger partial charge in [-0.2, -0.15) is 0 Å². The van der Waals surface area contributed by atoms with Gasteiger partial charge in [0.25, 0.3) is 0 Å². The van der Waals surface area contributed by atoms with E-state index >= 15 is 0 Å². The Morgan fingerprint density at radius 3 is 1.70 bits per heavy atom. The van der Waals surface area contributed by atoms with Gasteiger partial charge in [-0.15, -0.1) is 0 Å². The van der Waals surface area contributed by atoms with E-state index in [4.69, 9.17) is 9.84 Å². The second kappa shape index (κ2) is 17.5. The topological polar surface area (TPSA) is 83.8 Å². The van der Waals surface area contributed by atoms with Gasteiger partial charge in [0.05, 0.1) is 6.61 Å². The molecule has 0 aliphatic carbocycles. The van der Waals surface area contributed by atoms with Crippen molar-refractivity contribution in [3.8, 4) is 5.75 Å². The van der Waals surface area contributed by atoms with E-state index in [-0.39, 0.29) is 11.7 Å². The summed E-state index contributed by atoms with van der Waals surface area (Å²) in [6, 6.07) is 6.64. The minimum Gasteiger partial charge on any atom is -0.508 e. The van der Waals surface area contributed by atoms with Crippen LogP contribution in [0.2, 0.25) is 0 Å². The van der Waals surface area contributed by atoms with E-state index in [9.17, 15) is 14.7 Å². The number of benzene rings is 1. The Hall–Kier alpha value is -2.30. The first-order valence-corrected chi connectivity index (χ1v) is 11.4. The standard InChI is InChI=1S/C25H38O5/c26-23-18-15-22(16-19-23)17-20-25(29)30-21-13-11-9-7-5-3-1-2-4-6-8-10-12-14-24(27)28/h15-20,26H,1-14,21H2,(H,27,28)/b20-17+. The Kier molecular flexibility index (Phi) is 15.1. The highest BCUT2D eigenvalue weighted by Crippen LogP contribution is 2.13. The molecular formula is C25H38O5. The van der Waals surface area contributed by atoms with Gasteiger partial charge in [0.15, 0.2) is 0 Å². The summed E-state index contributed by atoms with van der Waals surface area (Å²) in [7, 11) is 0. The predicted molar refractivity (Wildman–Crippen MR) is 120 cm³/mol. The summed E-state index contributed by atoms with van der Waals surface area (Å²) in [5.41, 5.74) is 0.848. The van der Waals surface area contributed by atoms with Crippen molar-refractivity contribution in [3.05, 3.63) is 35.9 Å². The van der Waals surface area contributed by atoms with Crippen molar-refractivity contribution in [2.45, 2.75) is 89.9 Å². The molecule has 0 unspecified atom stereocenters. The quantitative estimate of drug-likeness (QED) is 0.162. The third-order valence-electron chi connectivity index (χ3n) is 5.08. The van der Waals surface area contributed by atoms with Crippen molar-refractivity contribution in [1.82, 2.24) is 0 Å². The molecule has 0 atom stereocenters. The average molecular weight is 419 g/mol. The second-order valence-electron chi connectivity index (χ2n) is 7.83. The number of esters is 1. The number of phenolic OH excluding ortho intramolecular Hbond substituents is 1. The number of rotatable bonds is 18. The molecule has 0 radical (unpaired) electrons. The number of carbonyl (C=O) groups is 2. The zero-order chi connectivity index (χ0) is 21.9. The molecule has 0 aliphatic heterocycles. The molecule has 0 spiro atoms. The van der Waals surface area contributed by atoms with Crippen LogP contribution in [-0.4, -0.2) is 28.8 Å². The van der Waals surface area contributed by atoms with Crippen LogP contribution in [0.5, 0.6) is 5.75 Å². The van der Waals surface area contributed by atoms with Crippen LogP contribution in [0.15, 0.2) is 30.3 Å². The first-order valence-electron chi connectivity index (χ1n) is 11.4. The van der Waals surface area contributed by atoms with Gasteiger partial charge in [-0.1, -0.05) is 82.8 Å². The summed E-state index contributed by atoms with van der Waals surface area (Å²) in [4.78, 5) is 22.1. The highest BCUT2D eigenvalue weighted by molar-refractivity contribution is 5.87. The zero-order valence-electron chi connectivity index (χ0n) is 18.2. The van der Waals surface area contributed by atoms with E-state index in [1.54, 1.807) is 30.3 Å².